The minimum atomic E-state index is -2.84. The number of hydrogen-bond donors (Lipinski definition) is 0. The van der Waals surface area contributed by atoms with E-state index in [0.29, 0.717) is 12.0 Å². The monoisotopic (exact) mass is 237 g/mol. The zero-order valence-electron chi connectivity index (χ0n) is 10.4. The van der Waals surface area contributed by atoms with Crippen molar-refractivity contribution in [1.82, 2.24) is 0 Å². The van der Waals surface area contributed by atoms with Gasteiger partial charge in [-0.05, 0) is 18.1 Å². The van der Waals surface area contributed by atoms with Gasteiger partial charge >= 0.3 is 0 Å². The summed E-state index contributed by atoms with van der Waals surface area (Å²) in [5.74, 6) is -3.90. The molecule has 0 amide bonds. The number of hydrogen-bond acceptors (Lipinski definition) is 1. The fourth-order valence-electron chi connectivity index (χ4n) is 1.70. The summed E-state index contributed by atoms with van der Waals surface area (Å²) >= 11 is 0. The number of alkyl halides is 2. The van der Waals surface area contributed by atoms with Crippen LogP contribution in [0.3, 0.4) is 0 Å². The van der Waals surface area contributed by atoms with Gasteiger partial charge in [0.25, 0.3) is 5.92 Å². The van der Waals surface area contributed by atoms with Gasteiger partial charge in [-0.15, -0.1) is 0 Å². The highest BCUT2D eigenvalue weighted by Gasteiger charge is 2.35. The lowest BCUT2D eigenvalue weighted by Gasteiger charge is -2.21. The van der Waals surface area contributed by atoms with Crippen LogP contribution in [0.15, 0.2) is 24.3 Å². The van der Waals surface area contributed by atoms with Crippen molar-refractivity contribution in [2.75, 3.05) is 0 Å². The first-order valence-corrected chi connectivity index (χ1v) is 5.81. The van der Waals surface area contributed by atoms with Crippen molar-refractivity contribution in [2.45, 2.75) is 39.0 Å². The SMILES string of the molecule is CCC(C#N)c1cccc(C(F)(F)C(C)C)c1. The van der Waals surface area contributed by atoms with Gasteiger partial charge in [0.15, 0.2) is 0 Å². The van der Waals surface area contributed by atoms with Crippen molar-refractivity contribution in [3.05, 3.63) is 35.4 Å². The average molecular weight is 237 g/mol. The van der Waals surface area contributed by atoms with Crippen LogP contribution in [0.4, 0.5) is 8.78 Å². The van der Waals surface area contributed by atoms with Gasteiger partial charge in [0, 0.05) is 11.5 Å². The molecule has 0 heterocycles. The molecule has 1 aromatic carbocycles. The lowest BCUT2D eigenvalue weighted by Crippen LogP contribution is -2.21. The first-order valence-electron chi connectivity index (χ1n) is 5.81. The van der Waals surface area contributed by atoms with E-state index in [4.69, 9.17) is 5.26 Å². The Kier molecular flexibility index (Phi) is 4.22. The average Bonchev–Trinajstić information content (AvgIpc) is 2.31. The van der Waals surface area contributed by atoms with E-state index in [9.17, 15) is 8.78 Å². The largest absolute Gasteiger partial charge is 0.275 e. The third kappa shape index (κ3) is 2.82. The maximum atomic E-state index is 13.8. The molecule has 0 fully saturated rings. The predicted octanol–water partition coefficient (Wildman–Crippen LogP) is 4.45. The molecule has 92 valence electrons. The smallest absolute Gasteiger partial charge is 0.201 e. The molecule has 1 rings (SSSR count). The molecule has 3 heteroatoms. The topological polar surface area (TPSA) is 23.8 Å². The van der Waals surface area contributed by atoms with Crippen molar-refractivity contribution in [3.63, 3.8) is 0 Å². The van der Waals surface area contributed by atoms with Gasteiger partial charge in [0.2, 0.25) is 0 Å². The third-order valence-electron chi connectivity index (χ3n) is 2.96. The predicted molar refractivity (Wildman–Crippen MR) is 63.8 cm³/mol. The van der Waals surface area contributed by atoms with E-state index in [0.717, 1.165) is 0 Å². The van der Waals surface area contributed by atoms with Crippen LogP contribution < -0.4 is 0 Å². The molecule has 1 aromatic rings. The van der Waals surface area contributed by atoms with Crippen molar-refractivity contribution >= 4 is 0 Å². The van der Waals surface area contributed by atoms with E-state index < -0.39 is 11.8 Å². The van der Waals surface area contributed by atoms with Gasteiger partial charge in [0.1, 0.15) is 0 Å². The van der Waals surface area contributed by atoms with Crippen LogP contribution in [0.5, 0.6) is 0 Å². The second kappa shape index (κ2) is 5.27. The minimum absolute atomic E-state index is 0.00120. The van der Waals surface area contributed by atoms with E-state index in [1.165, 1.54) is 26.0 Å². The summed E-state index contributed by atoms with van der Waals surface area (Å²) in [5.41, 5.74) is 0.673. The van der Waals surface area contributed by atoms with E-state index in [2.05, 4.69) is 6.07 Å². The van der Waals surface area contributed by atoms with Crippen LogP contribution in [-0.4, -0.2) is 0 Å². The highest BCUT2D eigenvalue weighted by Crippen LogP contribution is 2.36. The van der Waals surface area contributed by atoms with E-state index >= 15 is 0 Å². The van der Waals surface area contributed by atoms with Crippen LogP contribution in [0.2, 0.25) is 0 Å². The molecule has 0 radical (unpaired) electrons. The van der Waals surface area contributed by atoms with Crippen LogP contribution in [0.1, 0.15) is 44.2 Å². The van der Waals surface area contributed by atoms with Gasteiger partial charge in [-0.25, -0.2) is 8.78 Å². The molecule has 0 saturated carbocycles. The second-order valence-corrected chi connectivity index (χ2v) is 4.49. The van der Waals surface area contributed by atoms with Gasteiger partial charge in [-0.1, -0.05) is 39.0 Å². The zero-order chi connectivity index (χ0) is 13.1. The Balaban J connectivity index is 3.14. The Morgan fingerprint density at radius 1 is 1.35 bits per heavy atom. The summed E-state index contributed by atoms with van der Waals surface area (Å²) < 4.78 is 27.7. The highest BCUT2D eigenvalue weighted by atomic mass is 19.3. The number of nitrogens with zero attached hydrogens (tertiary/aromatic N) is 1. The number of benzene rings is 1. The molecule has 0 N–H and O–H groups in total. The van der Waals surface area contributed by atoms with E-state index in [1.54, 1.807) is 12.1 Å². The summed E-state index contributed by atoms with van der Waals surface area (Å²) in [6.07, 6.45) is 0.632. The quantitative estimate of drug-likeness (QED) is 0.758. The van der Waals surface area contributed by atoms with Crippen LogP contribution in [0, 0.1) is 17.2 Å². The van der Waals surface area contributed by atoms with E-state index in [1.807, 2.05) is 6.92 Å². The maximum absolute atomic E-state index is 13.8. The van der Waals surface area contributed by atoms with Crippen LogP contribution in [0.25, 0.3) is 0 Å². The maximum Gasteiger partial charge on any atom is 0.275 e. The highest BCUT2D eigenvalue weighted by molar-refractivity contribution is 5.32. The van der Waals surface area contributed by atoms with Gasteiger partial charge in [-0.3, -0.25) is 0 Å². The van der Waals surface area contributed by atoms with Crippen molar-refractivity contribution in [3.8, 4) is 6.07 Å². The number of halogens is 2. The summed E-state index contributed by atoms with van der Waals surface area (Å²) in [6, 6.07) is 8.34. The minimum Gasteiger partial charge on any atom is -0.201 e. The Bertz CT molecular complexity index is 418. The lowest BCUT2D eigenvalue weighted by molar-refractivity contribution is -0.0514. The molecule has 0 aliphatic rings. The molecule has 0 bridgehead atoms. The molecule has 0 aliphatic heterocycles. The first-order chi connectivity index (χ1) is 7.93. The summed E-state index contributed by atoms with van der Waals surface area (Å²) in [6.45, 7) is 4.86. The molecule has 1 atom stereocenters. The van der Waals surface area contributed by atoms with Crippen molar-refractivity contribution < 1.29 is 8.78 Å². The van der Waals surface area contributed by atoms with Crippen molar-refractivity contribution in [1.29, 1.82) is 5.26 Å². The Morgan fingerprint density at radius 2 is 2.00 bits per heavy atom. The lowest BCUT2D eigenvalue weighted by atomic mass is 9.91. The third-order valence-corrected chi connectivity index (χ3v) is 2.96. The summed E-state index contributed by atoms with van der Waals surface area (Å²) in [5, 5.41) is 8.94. The molecular formula is C14H17F2N. The molecule has 1 nitrogen and oxygen atoms in total. The Hall–Kier alpha value is -1.43. The van der Waals surface area contributed by atoms with Crippen molar-refractivity contribution in [2.24, 2.45) is 5.92 Å². The molecule has 0 aromatic heterocycles. The van der Waals surface area contributed by atoms with Gasteiger partial charge < -0.3 is 0 Å². The summed E-state index contributed by atoms with van der Waals surface area (Å²) in [4.78, 5) is 0. The standard InChI is InChI=1S/C14H17F2N/c1-4-11(9-17)12-6-5-7-13(8-12)14(15,16)10(2)3/h5-8,10-11H,4H2,1-3H3. The molecule has 0 spiro atoms. The second-order valence-electron chi connectivity index (χ2n) is 4.49. The first kappa shape index (κ1) is 13.6. The van der Waals surface area contributed by atoms with Gasteiger partial charge in [-0.2, -0.15) is 5.26 Å². The molecule has 0 saturated heterocycles. The number of nitriles is 1. The fraction of sp³-hybridized carbons (Fsp3) is 0.500. The Morgan fingerprint density at radius 3 is 2.47 bits per heavy atom. The fourth-order valence-corrected chi connectivity index (χ4v) is 1.70. The Labute approximate surface area is 101 Å². The molecule has 1 unspecified atom stereocenters. The molecular weight excluding hydrogens is 220 g/mol. The van der Waals surface area contributed by atoms with E-state index in [-0.39, 0.29) is 11.5 Å². The normalized spacial score (nSPS) is 13.5. The zero-order valence-corrected chi connectivity index (χ0v) is 10.4. The number of rotatable bonds is 4. The van der Waals surface area contributed by atoms with Crippen LogP contribution in [-0.2, 0) is 5.92 Å². The summed E-state index contributed by atoms with van der Waals surface area (Å²) in [7, 11) is 0. The van der Waals surface area contributed by atoms with Gasteiger partial charge in [0.05, 0.1) is 12.0 Å². The molecule has 17 heavy (non-hydrogen) atoms. The molecule has 0 aliphatic carbocycles. The van der Waals surface area contributed by atoms with Crippen LogP contribution >= 0.6 is 0 Å².